The van der Waals surface area contributed by atoms with Crippen LogP contribution in [-0.2, 0) is 5.88 Å². The fourth-order valence-corrected chi connectivity index (χ4v) is 2.34. The van der Waals surface area contributed by atoms with Crippen molar-refractivity contribution in [1.82, 2.24) is 19.5 Å². The minimum absolute atomic E-state index is 0.0950. The van der Waals surface area contributed by atoms with Gasteiger partial charge in [-0.2, -0.15) is 0 Å². The molecule has 1 atom stereocenters. The van der Waals surface area contributed by atoms with Gasteiger partial charge in [-0.15, -0.1) is 11.6 Å². The Kier molecular flexibility index (Phi) is 2.98. The molecular formula is C13H13ClN4O. The second-order valence-electron chi connectivity index (χ2n) is 4.36. The van der Waals surface area contributed by atoms with Crippen molar-refractivity contribution in [2.45, 2.75) is 25.8 Å². The summed E-state index contributed by atoms with van der Waals surface area (Å²) in [7, 11) is 0. The van der Waals surface area contributed by atoms with Crippen LogP contribution >= 0.6 is 11.6 Å². The molecule has 0 aliphatic carbocycles. The lowest BCUT2D eigenvalue weighted by molar-refractivity contribution is 0.414. The number of aryl methyl sites for hydroxylation is 1. The van der Waals surface area contributed by atoms with E-state index in [0.29, 0.717) is 11.8 Å². The minimum Gasteiger partial charge on any atom is -0.444 e. The maximum Gasteiger partial charge on any atom is 0.217 e. The third-order valence-electron chi connectivity index (χ3n) is 3.03. The molecule has 0 bridgehead atoms. The van der Waals surface area contributed by atoms with Gasteiger partial charge in [-0.05, 0) is 26.0 Å². The van der Waals surface area contributed by atoms with Gasteiger partial charge in [-0.25, -0.2) is 15.0 Å². The molecule has 3 aromatic heterocycles. The molecule has 3 heterocycles. The van der Waals surface area contributed by atoms with Crippen LogP contribution in [-0.4, -0.2) is 19.5 Å². The van der Waals surface area contributed by atoms with Crippen molar-refractivity contribution < 1.29 is 4.42 Å². The Balaban J connectivity index is 2.17. The Morgan fingerprint density at radius 3 is 2.95 bits per heavy atom. The number of halogens is 1. The number of pyridine rings is 1. The highest BCUT2D eigenvalue weighted by atomic mass is 35.5. The summed E-state index contributed by atoms with van der Waals surface area (Å²) >= 11 is 5.98. The van der Waals surface area contributed by atoms with E-state index in [1.54, 1.807) is 12.4 Å². The number of fused-ring (bicyclic) bond motifs is 1. The largest absolute Gasteiger partial charge is 0.444 e. The number of nitrogens with zero attached hydrogens (tertiary/aromatic N) is 4. The average molecular weight is 277 g/mol. The number of oxazole rings is 1. The van der Waals surface area contributed by atoms with Crippen LogP contribution in [0.1, 0.15) is 30.4 Å². The molecule has 1 unspecified atom stereocenters. The predicted molar refractivity (Wildman–Crippen MR) is 72.1 cm³/mol. The van der Waals surface area contributed by atoms with Gasteiger partial charge in [-0.3, -0.25) is 4.57 Å². The third kappa shape index (κ3) is 2.00. The van der Waals surface area contributed by atoms with Gasteiger partial charge in [0, 0.05) is 6.20 Å². The van der Waals surface area contributed by atoms with Crippen molar-refractivity contribution in [2.24, 2.45) is 0 Å². The predicted octanol–water partition coefficient (Wildman–Crippen LogP) is 3.08. The van der Waals surface area contributed by atoms with Gasteiger partial charge in [0.2, 0.25) is 5.89 Å². The highest BCUT2D eigenvalue weighted by molar-refractivity contribution is 6.16. The monoisotopic (exact) mass is 276 g/mol. The molecule has 0 N–H and O–H groups in total. The molecule has 0 aliphatic heterocycles. The summed E-state index contributed by atoms with van der Waals surface area (Å²) in [6, 6.07) is 3.68. The molecular weight excluding hydrogens is 264 g/mol. The van der Waals surface area contributed by atoms with Crippen LogP contribution in [0.25, 0.3) is 11.2 Å². The molecule has 5 nitrogen and oxygen atoms in total. The molecule has 0 saturated heterocycles. The van der Waals surface area contributed by atoms with Crippen molar-refractivity contribution >= 4 is 22.8 Å². The molecule has 0 aliphatic rings. The van der Waals surface area contributed by atoms with Gasteiger partial charge in [0.25, 0.3) is 0 Å². The van der Waals surface area contributed by atoms with Crippen LogP contribution in [0.4, 0.5) is 0 Å². The van der Waals surface area contributed by atoms with E-state index in [1.807, 2.05) is 30.5 Å². The molecule has 3 rings (SSSR count). The molecule has 98 valence electrons. The smallest absolute Gasteiger partial charge is 0.217 e. The van der Waals surface area contributed by atoms with Crippen LogP contribution in [0, 0.1) is 6.92 Å². The fraction of sp³-hybridized carbons (Fsp3) is 0.308. The number of aromatic nitrogens is 4. The minimum atomic E-state index is -0.0950. The van der Waals surface area contributed by atoms with Gasteiger partial charge in [-0.1, -0.05) is 0 Å². The summed E-state index contributed by atoms with van der Waals surface area (Å²) in [5.74, 6) is 2.50. The summed E-state index contributed by atoms with van der Waals surface area (Å²) in [5, 5.41) is 0. The molecule has 0 radical (unpaired) electrons. The van der Waals surface area contributed by atoms with E-state index in [0.717, 1.165) is 22.7 Å². The van der Waals surface area contributed by atoms with Gasteiger partial charge in [0.15, 0.2) is 5.65 Å². The standard InChI is InChI=1S/C13H13ClN4O/c1-8-7-16-13(19-8)9(2)18-11(6-14)17-10-4-3-5-15-12(10)18/h3-5,7,9H,6H2,1-2H3. The number of alkyl halides is 1. The lowest BCUT2D eigenvalue weighted by Crippen LogP contribution is -2.10. The number of rotatable bonds is 3. The van der Waals surface area contributed by atoms with Gasteiger partial charge < -0.3 is 4.42 Å². The average Bonchev–Trinajstić information content (AvgIpc) is 3.01. The second kappa shape index (κ2) is 4.66. The maximum atomic E-state index is 5.98. The second-order valence-corrected chi connectivity index (χ2v) is 4.63. The number of hydrogen-bond donors (Lipinski definition) is 0. The SMILES string of the molecule is Cc1cnc(C(C)n2c(CCl)nc3cccnc32)o1. The Hall–Kier alpha value is -1.88. The Bertz CT molecular complexity index is 718. The summed E-state index contributed by atoms with van der Waals surface area (Å²) in [5.41, 5.74) is 1.62. The fourth-order valence-electron chi connectivity index (χ4n) is 2.15. The maximum absolute atomic E-state index is 5.98. The molecule has 0 aromatic carbocycles. The van der Waals surface area contributed by atoms with Crippen LogP contribution in [0.2, 0.25) is 0 Å². The highest BCUT2D eigenvalue weighted by Gasteiger charge is 2.20. The lowest BCUT2D eigenvalue weighted by Gasteiger charge is -2.12. The zero-order valence-corrected chi connectivity index (χ0v) is 11.4. The van der Waals surface area contributed by atoms with E-state index in [4.69, 9.17) is 16.0 Å². The van der Waals surface area contributed by atoms with Gasteiger partial charge in [0.1, 0.15) is 23.1 Å². The van der Waals surface area contributed by atoms with Crippen molar-refractivity contribution in [3.8, 4) is 0 Å². The zero-order valence-electron chi connectivity index (χ0n) is 10.7. The van der Waals surface area contributed by atoms with E-state index in [2.05, 4.69) is 15.0 Å². The molecule has 19 heavy (non-hydrogen) atoms. The molecule has 0 saturated carbocycles. The van der Waals surface area contributed by atoms with Crippen LogP contribution in [0.15, 0.2) is 28.9 Å². The van der Waals surface area contributed by atoms with E-state index in [-0.39, 0.29) is 6.04 Å². The number of imidazole rings is 1. The highest BCUT2D eigenvalue weighted by Crippen LogP contribution is 2.25. The quantitative estimate of drug-likeness (QED) is 0.690. The molecule has 0 spiro atoms. The van der Waals surface area contributed by atoms with Crippen molar-refractivity contribution in [3.05, 3.63) is 42.0 Å². The van der Waals surface area contributed by atoms with Crippen LogP contribution in [0.3, 0.4) is 0 Å². The summed E-state index contributed by atoms with van der Waals surface area (Å²) in [4.78, 5) is 13.1. The summed E-state index contributed by atoms with van der Waals surface area (Å²) < 4.78 is 7.55. The Morgan fingerprint density at radius 2 is 2.26 bits per heavy atom. The molecule has 6 heteroatoms. The first kappa shape index (κ1) is 12.2. The summed E-state index contributed by atoms with van der Waals surface area (Å²) in [6.07, 6.45) is 3.45. The van der Waals surface area contributed by atoms with Crippen LogP contribution in [0.5, 0.6) is 0 Å². The topological polar surface area (TPSA) is 56.7 Å². The van der Waals surface area contributed by atoms with E-state index < -0.39 is 0 Å². The zero-order chi connectivity index (χ0) is 13.4. The lowest BCUT2D eigenvalue weighted by atomic mass is 10.3. The van der Waals surface area contributed by atoms with Gasteiger partial charge >= 0.3 is 0 Å². The van der Waals surface area contributed by atoms with E-state index in [9.17, 15) is 0 Å². The third-order valence-corrected chi connectivity index (χ3v) is 3.26. The first-order chi connectivity index (χ1) is 9.20. The van der Waals surface area contributed by atoms with Crippen molar-refractivity contribution in [1.29, 1.82) is 0 Å². The molecule has 0 amide bonds. The normalized spacial score (nSPS) is 13.0. The first-order valence-corrected chi connectivity index (χ1v) is 6.54. The van der Waals surface area contributed by atoms with E-state index in [1.165, 1.54) is 0 Å². The van der Waals surface area contributed by atoms with E-state index >= 15 is 0 Å². The first-order valence-electron chi connectivity index (χ1n) is 6.01. The van der Waals surface area contributed by atoms with Gasteiger partial charge in [0.05, 0.1) is 12.1 Å². The molecule has 3 aromatic rings. The van der Waals surface area contributed by atoms with Crippen LogP contribution < -0.4 is 0 Å². The Labute approximate surface area is 115 Å². The van der Waals surface area contributed by atoms with Crippen molar-refractivity contribution in [2.75, 3.05) is 0 Å². The van der Waals surface area contributed by atoms with Crippen molar-refractivity contribution in [3.63, 3.8) is 0 Å². The number of hydrogen-bond acceptors (Lipinski definition) is 4. The summed E-state index contributed by atoms with van der Waals surface area (Å²) in [6.45, 7) is 3.87. The molecule has 0 fully saturated rings. The Morgan fingerprint density at radius 1 is 1.42 bits per heavy atom.